The summed E-state index contributed by atoms with van der Waals surface area (Å²) in [6.07, 6.45) is 0.288. The average Bonchev–Trinajstić information content (AvgIpc) is 2.66. The topological polar surface area (TPSA) is 61.6 Å². The van der Waals surface area contributed by atoms with E-state index in [1.165, 1.54) is 30.3 Å². The Morgan fingerprint density at radius 1 is 1.18 bits per heavy atom. The molecule has 3 N–H and O–H groups in total. The van der Waals surface area contributed by atoms with Gasteiger partial charge in [-0.05, 0) is 42.8 Å². The first-order valence-corrected chi connectivity index (χ1v) is 9.46. The molecule has 0 bridgehead atoms. The number of halogens is 2. The fraction of sp³-hybridized carbons (Fsp3) is 0.381. The third-order valence-electron chi connectivity index (χ3n) is 5.06. The molecule has 0 saturated carbocycles. The SMILES string of the molecule is C[C@H]1CN(Cc2ccc(F)cc2)CCN1CCC(=O)Nc1cc(N)ccc1F. The smallest absolute Gasteiger partial charge is 0.225 e. The fourth-order valence-corrected chi connectivity index (χ4v) is 3.49. The van der Waals surface area contributed by atoms with E-state index in [0.717, 1.165) is 31.7 Å². The number of amides is 1. The van der Waals surface area contributed by atoms with E-state index in [0.29, 0.717) is 18.3 Å². The molecule has 150 valence electrons. The van der Waals surface area contributed by atoms with Gasteiger partial charge in [0.05, 0.1) is 5.69 Å². The quantitative estimate of drug-likeness (QED) is 0.747. The van der Waals surface area contributed by atoms with Gasteiger partial charge >= 0.3 is 0 Å². The van der Waals surface area contributed by atoms with Crippen LogP contribution < -0.4 is 11.1 Å². The molecule has 3 rings (SSSR count). The summed E-state index contributed by atoms with van der Waals surface area (Å²) in [4.78, 5) is 16.8. The maximum atomic E-state index is 13.7. The number of anilines is 2. The molecule has 0 radical (unpaired) electrons. The second-order valence-corrected chi connectivity index (χ2v) is 7.28. The average molecular weight is 388 g/mol. The minimum Gasteiger partial charge on any atom is -0.399 e. The van der Waals surface area contributed by atoms with Crippen LogP contribution in [0, 0.1) is 11.6 Å². The highest BCUT2D eigenvalue weighted by Crippen LogP contribution is 2.18. The highest BCUT2D eigenvalue weighted by molar-refractivity contribution is 5.91. The van der Waals surface area contributed by atoms with Gasteiger partial charge in [-0.15, -0.1) is 0 Å². The molecule has 5 nitrogen and oxygen atoms in total. The van der Waals surface area contributed by atoms with Gasteiger partial charge in [0.25, 0.3) is 0 Å². The Hall–Kier alpha value is -2.51. The monoisotopic (exact) mass is 388 g/mol. The Kier molecular flexibility index (Phi) is 6.59. The number of nitrogens with two attached hydrogens (primary N) is 1. The van der Waals surface area contributed by atoms with Crippen LogP contribution in [0.5, 0.6) is 0 Å². The maximum absolute atomic E-state index is 13.7. The Balaban J connectivity index is 1.45. The molecule has 2 aromatic carbocycles. The van der Waals surface area contributed by atoms with E-state index in [4.69, 9.17) is 5.73 Å². The summed E-state index contributed by atoms with van der Waals surface area (Å²) in [6.45, 7) is 6.14. The molecule has 1 atom stereocenters. The van der Waals surface area contributed by atoms with Gasteiger partial charge < -0.3 is 11.1 Å². The molecule has 0 aliphatic carbocycles. The number of carbonyl (C=O) groups excluding carboxylic acids is 1. The Labute approximate surface area is 164 Å². The molecule has 0 spiro atoms. The first-order valence-electron chi connectivity index (χ1n) is 9.46. The maximum Gasteiger partial charge on any atom is 0.225 e. The van der Waals surface area contributed by atoms with E-state index in [1.807, 2.05) is 12.1 Å². The molecule has 1 heterocycles. The number of nitrogens with one attached hydrogen (secondary N) is 1. The lowest BCUT2D eigenvalue weighted by Gasteiger charge is -2.39. The van der Waals surface area contributed by atoms with Gasteiger partial charge in [0.2, 0.25) is 5.91 Å². The van der Waals surface area contributed by atoms with Crippen molar-refractivity contribution in [2.75, 3.05) is 37.2 Å². The van der Waals surface area contributed by atoms with Crippen molar-refractivity contribution in [1.29, 1.82) is 0 Å². The summed E-state index contributed by atoms with van der Waals surface area (Å²) in [5, 5.41) is 2.59. The lowest BCUT2D eigenvalue weighted by molar-refractivity contribution is -0.116. The second kappa shape index (κ2) is 9.12. The van der Waals surface area contributed by atoms with Gasteiger partial charge in [-0.25, -0.2) is 8.78 Å². The number of benzene rings is 2. The van der Waals surface area contributed by atoms with Crippen molar-refractivity contribution < 1.29 is 13.6 Å². The summed E-state index contributed by atoms with van der Waals surface area (Å²) in [5.41, 5.74) is 7.25. The molecule has 1 fully saturated rings. The molecule has 1 aliphatic rings. The van der Waals surface area contributed by atoms with E-state index in [-0.39, 0.29) is 23.8 Å². The molecule has 0 unspecified atom stereocenters. The van der Waals surface area contributed by atoms with Crippen molar-refractivity contribution in [3.63, 3.8) is 0 Å². The molecular weight excluding hydrogens is 362 g/mol. The summed E-state index contributed by atoms with van der Waals surface area (Å²) in [5.74, 6) is -0.950. The molecule has 2 aromatic rings. The predicted molar refractivity (Wildman–Crippen MR) is 107 cm³/mol. The minimum absolute atomic E-state index is 0.113. The van der Waals surface area contributed by atoms with E-state index in [2.05, 4.69) is 22.0 Å². The number of rotatable bonds is 6. The van der Waals surface area contributed by atoms with Gasteiger partial charge in [0.1, 0.15) is 11.6 Å². The zero-order chi connectivity index (χ0) is 20.1. The van der Waals surface area contributed by atoms with Crippen molar-refractivity contribution in [1.82, 2.24) is 9.80 Å². The Morgan fingerprint density at radius 2 is 1.93 bits per heavy atom. The lowest BCUT2D eigenvalue weighted by Crippen LogP contribution is -2.51. The lowest BCUT2D eigenvalue weighted by atomic mass is 10.1. The van der Waals surface area contributed by atoms with Crippen LogP contribution in [0.25, 0.3) is 0 Å². The zero-order valence-corrected chi connectivity index (χ0v) is 16.0. The number of hydrogen-bond donors (Lipinski definition) is 2. The normalized spacial score (nSPS) is 18.2. The van der Waals surface area contributed by atoms with Crippen LogP contribution >= 0.6 is 0 Å². The van der Waals surface area contributed by atoms with Crippen LogP contribution in [0.1, 0.15) is 18.9 Å². The van der Waals surface area contributed by atoms with Crippen LogP contribution in [0.15, 0.2) is 42.5 Å². The Bertz CT molecular complexity index is 813. The first-order chi connectivity index (χ1) is 13.4. The molecule has 7 heteroatoms. The van der Waals surface area contributed by atoms with E-state index in [1.54, 1.807) is 0 Å². The molecule has 1 saturated heterocycles. The number of hydrogen-bond acceptors (Lipinski definition) is 4. The van der Waals surface area contributed by atoms with Crippen LogP contribution in [0.3, 0.4) is 0 Å². The van der Waals surface area contributed by atoms with Crippen LogP contribution in [-0.2, 0) is 11.3 Å². The van der Waals surface area contributed by atoms with Crippen LogP contribution in [0.4, 0.5) is 20.2 Å². The van der Waals surface area contributed by atoms with E-state index >= 15 is 0 Å². The summed E-state index contributed by atoms with van der Waals surface area (Å²) >= 11 is 0. The molecule has 28 heavy (non-hydrogen) atoms. The molecule has 1 aliphatic heterocycles. The summed E-state index contributed by atoms with van der Waals surface area (Å²) in [7, 11) is 0. The third kappa shape index (κ3) is 5.50. The van der Waals surface area contributed by atoms with Crippen LogP contribution in [0.2, 0.25) is 0 Å². The zero-order valence-electron chi connectivity index (χ0n) is 16.0. The predicted octanol–water partition coefficient (Wildman–Crippen LogP) is 3.08. The number of nitrogen functional groups attached to an aromatic ring is 1. The van der Waals surface area contributed by atoms with Gasteiger partial charge in [0.15, 0.2) is 0 Å². The summed E-state index contributed by atoms with van der Waals surface area (Å²) in [6, 6.07) is 11.0. The van der Waals surface area contributed by atoms with Crippen molar-refractivity contribution in [2.45, 2.75) is 25.9 Å². The number of piperazine rings is 1. The highest BCUT2D eigenvalue weighted by Gasteiger charge is 2.24. The van der Waals surface area contributed by atoms with Crippen molar-refractivity contribution in [3.05, 3.63) is 59.7 Å². The van der Waals surface area contributed by atoms with Gasteiger partial charge in [-0.3, -0.25) is 14.6 Å². The highest BCUT2D eigenvalue weighted by atomic mass is 19.1. The largest absolute Gasteiger partial charge is 0.399 e. The van der Waals surface area contributed by atoms with Crippen LogP contribution in [-0.4, -0.2) is 47.9 Å². The van der Waals surface area contributed by atoms with Crippen molar-refractivity contribution in [2.24, 2.45) is 0 Å². The van der Waals surface area contributed by atoms with Gasteiger partial charge in [0, 0.05) is 50.9 Å². The number of nitrogens with zero attached hydrogens (tertiary/aromatic N) is 2. The minimum atomic E-state index is -0.495. The molecule has 0 aromatic heterocycles. The fourth-order valence-electron chi connectivity index (χ4n) is 3.49. The third-order valence-corrected chi connectivity index (χ3v) is 5.06. The first kappa shape index (κ1) is 20.2. The van der Waals surface area contributed by atoms with Crippen molar-refractivity contribution >= 4 is 17.3 Å². The van der Waals surface area contributed by atoms with E-state index < -0.39 is 5.82 Å². The van der Waals surface area contributed by atoms with E-state index in [9.17, 15) is 13.6 Å². The second-order valence-electron chi connectivity index (χ2n) is 7.28. The summed E-state index contributed by atoms with van der Waals surface area (Å²) < 4.78 is 26.8. The Morgan fingerprint density at radius 3 is 2.64 bits per heavy atom. The van der Waals surface area contributed by atoms with Gasteiger partial charge in [-0.2, -0.15) is 0 Å². The number of carbonyl (C=O) groups is 1. The molecule has 1 amide bonds. The standard InChI is InChI=1S/C21H26F2N4O/c1-15-13-26(14-16-2-4-17(22)5-3-16)10-11-27(15)9-8-21(28)25-20-12-18(24)6-7-19(20)23/h2-7,12,15H,8-11,13-14,24H2,1H3,(H,25,28)/t15-/m0/s1. The molecular formula is C21H26F2N4O. The van der Waals surface area contributed by atoms with Crippen molar-refractivity contribution in [3.8, 4) is 0 Å². The van der Waals surface area contributed by atoms with Gasteiger partial charge in [-0.1, -0.05) is 12.1 Å².